The Kier molecular flexibility index (Phi) is 9.75. The summed E-state index contributed by atoms with van der Waals surface area (Å²) in [5, 5.41) is 32.2. The number of aromatic hydroxyl groups is 1. The number of para-hydroxylation sites is 1. The lowest BCUT2D eigenvalue weighted by molar-refractivity contribution is -0.140. The molecule has 0 radical (unpaired) electrons. The molecule has 0 bridgehead atoms. The minimum atomic E-state index is -0.956. The smallest absolute Gasteiger partial charge is 0.233 e. The number of rotatable bonds is 12. The standard InChI is InChI=1S/C36H39NO6/c1-2-19-37-35(41)30-21-27(23-43-29-11-7-4-8-12-29)33(31(22-38)34(30)36(37)42)32(40)18-15-26(25-9-5-3-6-10-25)20-24-13-16-28(39)17-14-24/h3-14,16-17,20,30-32,34,38-40H,2,15,18-19,21-23H2,1H3/b26-20-/t30-,31+,32-,34-/m1/s1. The molecule has 0 aromatic heterocycles. The summed E-state index contributed by atoms with van der Waals surface area (Å²) in [5.41, 5.74) is 4.31. The monoisotopic (exact) mass is 581 g/mol. The molecule has 1 aliphatic heterocycles. The van der Waals surface area contributed by atoms with Crippen molar-refractivity contribution < 1.29 is 29.6 Å². The van der Waals surface area contributed by atoms with Gasteiger partial charge < -0.3 is 20.1 Å². The van der Waals surface area contributed by atoms with Crippen LogP contribution in [-0.2, 0) is 9.59 Å². The van der Waals surface area contributed by atoms with E-state index in [0.29, 0.717) is 43.6 Å². The quantitative estimate of drug-likeness (QED) is 0.149. The number of nitrogens with zero attached hydrogens (tertiary/aromatic N) is 1. The van der Waals surface area contributed by atoms with E-state index in [2.05, 4.69) is 0 Å². The van der Waals surface area contributed by atoms with Crippen LogP contribution in [0, 0.1) is 17.8 Å². The Balaban J connectivity index is 1.46. The van der Waals surface area contributed by atoms with Gasteiger partial charge in [0.1, 0.15) is 18.1 Å². The van der Waals surface area contributed by atoms with Gasteiger partial charge in [-0.1, -0.05) is 73.7 Å². The Bertz CT molecular complexity index is 1460. The number of phenols is 1. The molecule has 43 heavy (non-hydrogen) atoms. The SMILES string of the molecule is CCCN1C(=O)[C@@H]2[C@@H](CC(COc3ccccc3)=C([C@H](O)CC/C(=C/c3ccc(O)cc3)c3ccccc3)[C@@H]2CO)C1=O. The molecule has 3 aromatic carbocycles. The average molecular weight is 582 g/mol. The van der Waals surface area contributed by atoms with Crippen molar-refractivity contribution in [2.45, 2.75) is 38.7 Å². The van der Waals surface area contributed by atoms with Crippen molar-refractivity contribution in [2.75, 3.05) is 19.8 Å². The molecule has 224 valence electrons. The number of phenolic OH excluding ortho intramolecular Hbond substituents is 1. The number of carbonyl (C=O) groups excluding carboxylic acids is 2. The number of hydrogen-bond acceptors (Lipinski definition) is 6. The Morgan fingerprint density at radius 1 is 0.977 bits per heavy atom. The summed E-state index contributed by atoms with van der Waals surface area (Å²) in [6.07, 6.45) is 2.91. The molecule has 2 aliphatic rings. The van der Waals surface area contributed by atoms with E-state index < -0.39 is 23.9 Å². The van der Waals surface area contributed by atoms with E-state index in [4.69, 9.17) is 4.74 Å². The first-order valence-corrected chi connectivity index (χ1v) is 15.0. The number of allylic oxidation sites excluding steroid dienone is 1. The van der Waals surface area contributed by atoms with Crippen LogP contribution in [0.3, 0.4) is 0 Å². The third kappa shape index (κ3) is 6.74. The maximum absolute atomic E-state index is 13.5. The van der Waals surface area contributed by atoms with Crippen molar-refractivity contribution in [3.05, 3.63) is 107 Å². The fraction of sp³-hybridized carbons (Fsp3) is 0.333. The Hall–Kier alpha value is -4.20. The van der Waals surface area contributed by atoms with Crippen LogP contribution in [0.4, 0.5) is 0 Å². The maximum atomic E-state index is 13.5. The number of imide groups is 1. The van der Waals surface area contributed by atoms with Gasteiger partial charge in [-0.25, -0.2) is 0 Å². The third-order valence-corrected chi connectivity index (χ3v) is 8.50. The summed E-state index contributed by atoms with van der Waals surface area (Å²) in [6, 6.07) is 26.2. The zero-order valence-corrected chi connectivity index (χ0v) is 24.4. The number of hydrogen-bond donors (Lipinski definition) is 3. The van der Waals surface area contributed by atoms with Crippen molar-refractivity contribution in [1.29, 1.82) is 0 Å². The second-order valence-electron chi connectivity index (χ2n) is 11.3. The largest absolute Gasteiger partial charge is 0.508 e. The number of ether oxygens (including phenoxy) is 1. The predicted octanol–water partition coefficient (Wildman–Crippen LogP) is 5.47. The van der Waals surface area contributed by atoms with Gasteiger partial charge >= 0.3 is 0 Å². The number of benzene rings is 3. The first-order chi connectivity index (χ1) is 20.9. The molecular formula is C36H39NO6. The van der Waals surface area contributed by atoms with Gasteiger partial charge in [-0.05, 0) is 77.8 Å². The first-order valence-electron chi connectivity index (χ1n) is 15.0. The van der Waals surface area contributed by atoms with Crippen LogP contribution in [0.5, 0.6) is 11.5 Å². The van der Waals surface area contributed by atoms with Crippen molar-refractivity contribution in [2.24, 2.45) is 17.8 Å². The van der Waals surface area contributed by atoms with Gasteiger partial charge in [0.15, 0.2) is 0 Å². The second kappa shape index (κ2) is 13.8. The van der Waals surface area contributed by atoms with Gasteiger partial charge in [0.2, 0.25) is 11.8 Å². The van der Waals surface area contributed by atoms with E-state index in [1.165, 1.54) is 4.90 Å². The number of amides is 2. The molecule has 2 amide bonds. The van der Waals surface area contributed by atoms with Gasteiger partial charge in [-0.2, -0.15) is 0 Å². The molecule has 1 aliphatic carbocycles. The molecule has 1 saturated heterocycles. The summed E-state index contributed by atoms with van der Waals surface area (Å²) >= 11 is 0. The first kappa shape index (κ1) is 30.3. The van der Waals surface area contributed by atoms with Crippen LogP contribution in [-0.4, -0.2) is 57.9 Å². The van der Waals surface area contributed by atoms with Crippen molar-refractivity contribution >= 4 is 23.5 Å². The van der Waals surface area contributed by atoms with Crippen LogP contribution in [0.1, 0.15) is 43.7 Å². The molecule has 5 rings (SSSR count). The number of aliphatic hydroxyl groups excluding tert-OH is 2. The third-order valence-electron chi connectivity index (χ3n) is 8.50. The molecule has 1 heterocycles. The van der Waals surface area contributed by atoms with Crippen molar-refractivity contribution in [1.82, 2.24) is 4.90 Å². The number of fused-ring (bicyclic) bond motifs is 1. The lowest BCUT2D eigenvalue weighted by Crippen LogP contribution is -2.40. The minimum absolute atomic E-state index is 0.153. The fourth-order valence-corrected chi connectivity index (χ4v) is 6.46. The summed E-state index contributed by atoms with van der Waals surface area (Å²) < 4.78 is 6.09. The summed E-state index contributed by atoms with van der Waals surface area (Å²) in [7, 11) is 0. The Morgan fingerprint density at radius 3 is 2.30 bits per heavy atom. The zero-order valence-electron chi connectivity index (χ0n) is 24.4. The lowest BCUT2D eigenvalue weighted by atomic mass is 9.68. The van der Waals surface area contributed by atoms with Crippen LogP contribution in [0.15, 0.2) is 96.1 Å². The van der Waals surface area contributed by atoms with E-state index in [9.17, 15) is 24.9 Å². The summed E-state index contributed by atoms with van der Waals surface area (Å²) in [6.45, 7) is 2.07. The van der Waals surface area contributed by atoms with Gasteiger partial charge in [-0.3, -0.25) is 14.5 Å². The van der Waals surface area contributed by atoms with Gasteiger partial charge in [0, 0.05) is 12.5 Å². The average Bonchev–Trinajstić information content (AvgIpc) is 3.27. The fourth-order valence-electron chi connectivity index (χ4n) is 6.46. The Morgan fingerprint density at radius 2 is 1.65 bits per heavy atom. The highest BCUT2D eigenvalue weighted by Gasteiger charge is 2.54. The molecule has 0 spiro atoms. The van der Waals surface area contributed by atoms with Crippen LogP contribution < -0.4 is 4.74 Å². The summed E-state index contributed by atoms with van der Waals surface area (Å²) in [5.74, 6) is -1.57. The van der Waals surface area contributed by atoms with Crippen molar-refractivity contribution in [3.63, 3.8) is 0 Å². The van der Waals surface area contributed by atoms with E-state index in [0.717, 1.165) is 22.3 Å². The Labute approximate surface area is 252 Å². The van der Waals surface area contributed by atoms with Crippen LogP contribution in [0.25, 0.3) is 11.6 Å². The summed E-state index contributed by atoms with van der Waals surface area (Å²) in [4.78, 5) is 28.1. The molecule has 0 unspecified atom stereocenters. The topological polar surface area (TPSA) is 107 Å². The maximum Gasteiger partial charge on any atom is 0.233 e. The van der Waals surface area contributed by atoms with Gasteiger partial charge in [-0.15, -0.1) is 0 Å². The molecule has 0 saturated carbocycles. The van der Waals surface area contributed by atoms with Gasteiger partial charge in [0.05, 0.1) is 24.5 Å². The number of aliphatic hydroxyl groups is 2. The molecule has 1 fully saturated rings. The molecular weight excluding hydrogens is 542 g/mol. The van der Waals surface area contributed by atoms with Crippen LogP contribution in [0.2, 0.25) is 0 Å². The second-order valence-corrected chi connectivity index (χ2v) is 11.3. The predicted molar refractivity (Wildman–Crippen MR) is 166 cm³/mol. The number of carbonyl (C=O) groups is 2. The lowest BCUT2D eigenvalue weighted by Gasteiger charge is -2.36. The molecule has 3 N–H and O–H groups in total. The minimum Gasteiger partial charge on any atom is -0.508 e. The highest BCUT2D eigenvalue weighted by molar-refractivity contribution is 6.05. The number of likely N-dealkylation sites (tertiary alicyclic amines) is 1. The molecule has 7 heteroatoms. The molecule has 4 atom stereocenters. The zero-order chi connectivity index (χ0) is 30.3. The highest BCUT2D eigenvalue weighted by atomic mass is 16.5. The van der Waals surface area contributed by atoms with E-state index in [1.54, 1.807) is 12.1 Å². The van der Waals surface area contributed by atoms with Crippen LogP contribution >= 0.6 is 0 Å². The van der Waals surface area contributed by atoms with E-state index in [1.807, 2.05) is 85.8 Å². The highest BCUT2D eigenvalue weighted by Crippen LogP contribution is 2.46. The van der Waals surface area contributed by atoms with Crippen molar-refractivity contribution in [3.8, 4) is 11.5 Å². The van der Waals surface area contributed by atoms with Gasteiger partial charge in [0.25, 0.3) is 0 Å². The molecule has 3 aromatic rings. The normalized spacial score (nSPS) is 21.2. The van der Waals surface area contributed by atoms with E-state index >= 15 is 0 Å². The van der Waals surface area contributed by atoms with E-state index in [-0.39, 0.29) is 30.8 Å². The molecule has 7 nitrogen and oxygen atoms in total.